The Morgan fingerprint density at radius 1 is 1.18 bits per heavy atom. The summed E-state index contributed by atoms with van der Waals surface area (Å²) in [5.74, 6) is 0.670. The van der Waals surface area contributed by atoms with Gasteiger partial charge in [0.15, 0.2) is 0 Å². The molecule has 1 fully saturated rings. The highest BCUT2D eigenvalue weighted by atomic mass is 35.5. The van der Waals surface area contributed by atoms with Crippen LogP contribution in [-0.4, -0.2) is 11.5 Å². The summed E-state index contributed by atoms with van der Waals surface area (Å²) in [5.41, 5.74) is 1.87. The predicted octanol–water partition coefficient (Wildman–Crippen LogP) is 4.05. The molecule has 0 bridgehead atoms. The van der Waals surface area contributed by atoms with E-state index in [0.29, 0.717) is 23.1 Å². The number of ketones is 1. The smallest absolute Gasteiger partial charge is 0.141 e. The Hall–Kier alpha value is -1.15. The first-order valence-corrected chi connectivity index (χ1v) is 6.30. The van der Waals surface area contributed by atoms with Crippen molar-refractivity contribution in [2.75, 3.05) is 0 Å². The Bertz CT molecular complexity index is 450. The van der Waals surface area contributed by atoms with Gasteiger partial charge in [-0.05, 0) is 36.6 Å². The van der Waals surface area contributed by atoms with Gasteiger partial charge in [0.2, 0.25) is 0 Å². The number of rotatable bonds is 1. The molecular weight excluding hydrogens is 234 g/mol. The number of hydrogen-bond donors (Lipinski definition) is 0. The van der Waals surface area contributed by atoms with Crippen molar-refractivity contribution in [3.8, 4) is 0 Å². The lowest BCUT2D eigenvalue weighted by Gasteiger charge is -2.24. The van der Waals surface area contributed by atoms with Gasteiger partial charge in [-0.2, -0.15) is 0 Å². The van der Waals surface area contributed by atoms with Crippen LogP contribution in [-0.2, 0) is 4.79 Å². The Balaban J connectivity index is 2.25. The molecule has 1 aromatic carbocycles. The molecule has 1 saturated carbocycles. The number of Topliss-reactive ketones (excluding diaryl/α,β-unsaturated/α-hetero) is 1. The number of hydrogen-bond acceptors (Lipinski definition) is 2. The second-order valence-electron chi connectivity index (χ2n) is 4.78. The first-order valence-electron chi connectivity index (χ1n) is 5.92. The molecule has 0 amide bonds. The molecule has 2 unspecified atom stereocenters. The summed E-state index contributed by atoms with van der Waals surface area (Å²) in [7, 11) is 0. The summed E-state index contributed by atoms with van der Waals surface area (Å²) < 4.78 is 0. The zero-order valence-electron chi connectivity index (χ0n) is 10.1. The Labute approximate surface area is 107 Å². The maximum absolute atomic E-state index is 11.8. The van der Waals surface area contributed by atoms with Crippen molar-refractivity contribution >= 4 is 28.8 Å². The molecule has 0 aromatic heterocycles. The van der Waals surface area contributed by atoms with Crippen molar-refractivity contribution in [2.45, 2.75) is 26.7 Å². The minimum absolute atomic E-state index is 0.0399. The molecule has 2 atom stereocenters. The summed E-state index contributed by atoms with van der Waals surface area (Å²) in [6.07, 6.45) is 1.59. The van der Waals surface area contributed by atoms with Crippen LogP contribution >= 0.6 is 11.6 Å². The van der Waals surface area contributed by atoms with Crippen LogP contribution in [0.3, 0.4) is 0 Å². The van der Waals surface area contributed by atoms with Gasteiger partial charge in [0.05, 0.1) is 11.6 Å². The minimum atomic E-state index is -0.0399. The second kappa shape index (κ2) is 5.01. The number of carbonyl (C=O) groups excluding carboxylic acids is 1. The van der Waals surface area contributed by atoms with Crippen molar-refractivity contribution in [2.24, 2.45) is 16.8 Å². The van der Waals surface area contributed by atoms with E-state index in [0.717, 1.165) is 17.8 Å². The summed E-state index contributed by atoms with van der Waals surface area (Å²) in [4.78, 5) is 16.3. The van der Waals surface area contributed by atoms with Gasteiger partial charge in [-0.15, -0.1) is 0 Å². The zero-order valence-corrected chi connectivity index (χ0v) is 10.9. The predicted molar refractivity (Wildman–Crippen MR) is 71.1 cm³/mol. The fraction of sp³-hybridized carbons (Fsp3) is 0.429. The number of carbonyl (C=O) groups is 1. The molecule has 0 aliphatic heterocycles. The molecule has 0 heterocycles. The maximum atomic E-state index is 11.8. The first kappa shape index (κ1) is 12.3. The molecule has 0 saturated heterocycles. The van der Waals surface area contributed by atoms with Crippen molar-refractivity contribution in [3.05, 3.63) is 29.3 Å². The van der Waals surface area contributed by atoms with Crippen LogP contribution in [0.1, 0.15) is 26.7 Å². The van der Waals surface area contributed by atoms with E-state index in [1.807, 2.05) is 31.2 Å². The summed E-state index contributed by atoms with van der Waals surface area (Å²) in [6, 6.07) is 7.40. The van der Waals surface area contributed by atoms with E-state index >= 15 is 0 Å². The van der Waals surface area contributed by atoms with E-state index in [2.05, 4.69) is 11.9 Å². The van der Waals surface area contributed by atoms with Crippen LogP contribution < -0.4 is 0 Å². The molecule has 1 aliphatic carbocycles. The van der Waals surface area contributed by atoms with Gasteiger partial charge in [0, 0.05) is 17.2 Å². The van der Waals surface area contributed by atoms with Crippen molar-refractivity contribution in [3.63, 3.8) is 0 Å². The van der Waals surface area contributed by atoms with Crippen molar-refractivity contribution in [1.29, 1.82) is 0 Å². The van der Waals surface area contributed by atoms with Crippen LogP contribution in [0.4, 0.5) is 5.69 Å². The molecule has 2 rings (SSSR count). The third kappa shape index (κ3) is 2.95. The van der Waals surface area contributed by atoms with E-state index in [4.69, 9.17) is 11.6 Å². The lowest BCUT2D eigenvalue weighted by molar-refractivity contribution is -0.122. The SMILES string of the molecule is CC1CC(=O)C(C)C(=Nc2ccc(Cl)cc2)C1. The summed E-state index contributed by atoms with van der Waals surface area (Å²) >= 11 is 5.83. The average Bonchev–Trinajstić information content (AvgIpc) is 2.28. The highest BCUT2D eigenvalue weighted by Crippen LogP contribution is 2.26. The zero-order chi connectivity index (χ0) is 12.4. The maximum Gasteiger partial charge on any atom is 0.141 e. The highest BCUT2D eigenvalue weighted by Gasteiger charge is 2.28. The van der Waals surface area contributed by atoms with Crippen LogP contribution in [0.25, 0.3) is 0 Å². The molecule has 2 nitrogen and oxygen atoms in total. The lowest BCUT2D eigenvalue weighted by Crippen LogP contribution is -2.30. The molecule has 17 heavy (non-hydrogen) atoms. The molecule has 0 N–H and O–H groups in total. The normalized spacial score (nSPS) is 27.5. The lowest BCUT2D eigenvalue weighted by atomic mass is 9.81. The summed E-state index contributed by atoms with van der Waals surface area (Å²) in [6.45, 7) is 4.05. The van der Waals surface area contributed by atoms with Gasteiger partial charge in [-0.1, -0.05) is 25.4 Å². The molecule has 1 aromatic rings. The average molecular weight is 250 g/mol. The topological polar surface area (TPSA) is 29.4 Å². The van der Waals surface area contributed by atoms with Crippen LogP contribution in [0, 0.1) is 11.8 Å². The molecule has 0 radical (unpaired) electrons. The highest BCUT2D eigenvalue weighted by molar-refractivity contribution is 6.30. The van der Waals surface area contributed by atoms with Gasteiger partial charge in [0.25, 0.3) is 0 Å². The fourth-order valence-corrected chi connectivity index (χ4v) is 2.26. The van der Waals surface area contributed by atoms with Gasteiger partial charge in [-0.3, -0.25) is 9.79 Å². The van der Waals surface area contributed by atoms with Crippen LogP contribution in [0.5, 0.6) is 0 Å². The van der Waals surface area contributed by atoms with Gasteiger partial charge < -0.3 is 0 Å². The molecule has 1 aliphatic rings. The van der Waals surface area contributed by atoms with Crippen LogP contribution in [0.15, 0.2) is 29.3 Å². The number of benzene rings is 1. The third-order valence-electron chi connectivity index (χ3n) is 3.19. The molecular formula is C14H16ClNO. The Morgan fingerprint density at radius 2 is 1.82 bits per heavy atom. The molecule has 0 spiro atoms. The standard InChI is InChI=1S/C14H16ClNO/c1-9-7-13(10(2)14(17)8-9)16-12-5-3-11(15)4-6-12/h3-6,9-10H,7-8H2,1-2H3. The van der Waals surface area contributed by atoms with Crippen LogP contribution in [0.2, 0.25) is 5.02 Å². The number of aliphatic imine (C=N–C) groups is 1. The molecule has 3 heteroatoms. The molecule has 90 valence electrons. The van der Waals surface area contributed by atoms with E-state index in [9.17, 15) is 4.79 Å². The van der Waals surface area contributed by atoms with E-state index in [-0.39, 0.29) is 5.92 Å². The van der Waals surface area contributed by atoms with E-state index in [1.165, 1.54) is 0 Å². The monoisotopic (exact) mass is 249 g/mol. The third-order valence-corrected chi connectivity index (χ3v) is 3.44. The van der Waals surface area contributed by atoms with Gasteiger partial charge >= 0.3 is 0 Å². The van der Waals surface area contributed by atoms with E-state index in [1.54, 1.807) is 0 Å². The number of halogens is 1. The van der Waals surface area contributed by atoms with Crippen molar-refractivity contribution in [1.82, 2.24) is 0 Å². The first-order chi connectivity index (χ1) is 8.06. The largest absolute Gasteiger partial charge is 0.299 e. The van der Waals surface area contributed by atoms with Gasteiger partial charge in [-0.25, -0.2) is 0 Å². The Kier molecular flexibility index (Phi) is 3.63. The van der Waals surface area contributed by atoms with Crippen molar-refractivity contribution < 1.29 is 4.79 Å². The fourth-order valence-electron chi connectivity index (χ4n) is 2.14. The minimum Gasteiger partial charge on any atom is -0.299 e. The quantitative estimate of drug-likeness (QED) is 0.738. The van der Waals surface area contributed by atoms with E-state index < -0.39 is 0 Å². The van der Waals surface area contributed by atoms with Gasteiger partial charge in [0.1, 0.15) is 5.78 Å². The second-order valence-corrected chi connectivity index (χ2v) is 5.22. The summed E-state index contributed by atoms with van der Waals surface area (Å²) in [5, 5.41) is 0.704. The Morgan fingerprint density at radius 3 is 2.47 bits per heavy atom. The number of nitrogens with zero attached hydrogens (tertiary/aromatic N) is 1.